The Balaban J connectivity index is 1.48. The van der Waals surface area contributed by atoms with Gasteiger partial charge in [0.2, 0.25) is 0 Å². The third-order valence-corrected chi connectivity index (χ3v) is 6.42. The largest absolute Gasteiger partial charge is 0.337 e. The van der Waals surface area contributed by atoms with Gasteiger partial charge < -0.3 is 4.90 Å². The average molecular weight is 329 g/mol. The minimum atomic E-state index is 0.0878. The number of aryl methyl sites for hydroxylation is 1. The summed E-state index contributed by atoms with van der Waals surface area (Å²) < 4.78 is 0. The van der Waals surface area contributed by atoms with Crippen LogP contribution in [0.5, 0.6) is 0 Å². The van der Waals surface area contributed by atoms with Crippen LogP contribution in [0.25, 0.3) is 10.6 Å². The SMILES string of the molecule is Cc1ccc(-c2cc(C(=O)N3CC[C@H]4CCCC[C@@H]4C3)n[nH]2)s1. The fourth-order valence-electron chi connectivity index (χ4n) is 4.08. The van der Waals surface area contributed by atoms with Crippen LogP contribution in [-0.4, -0.2) is 34.1 Å². The predicted molar refractivity (Wildman–Crippen MR) is 92.6 cm³/mol. The molecule has 2 aromatic heterocycles. The molecule has 122 valence electrons. The lowest BCUT2D eigenvalue weighted by molar-refractivity contribution is 0.0515. The number of rotatable bonds is 2. The van der Waals surface area contributed by atoms with Crippen molar-refractivity contribution < 1.29 is 4.79 Å². The molecule has 1 aliphatic heterocycles. The van der Waals surface area contributed by atoms with E-state index in [0.717, 1.165) is 36.0 Å². The standard InChI is InChI=1S/C18H23N3OS/c1-12-6-7-17(23-12)15-10-16(20-19-15)18(22)21-9-8-13-4-2-3-5-14(13)11-21/h6-7,10,13-14H,2-5,8-9,11H2,1H3,(H,19,20)/t13-,14-/m1/s1. The number of aromatic nitrogens is 2. The molecule has 3 heterocycles. The summed E-state index contributed by atoms with van der Waals surface area (Å²) in [5.74, 6) is 1.64. The van der Waals surface area contributed by atoms with Crippen LogP contribution >= 0.6 is 11.3 Å². The molecule has 0 aromatic carbocycles. The number of nitrogens with one attached hydrogen (secondary N) is 1. The Morgan fingerprint density at radius 1 is 1.26 bits per heavy atom. The molecular formula is C18H23N3OS. The number of H-pyrrole nitrogens is 1. The average Bonchev–Trinajstić information content (AvgIpc) is 3.22. The number of carbonyl (C=O) groups is 1. The van der Waals surface area contributed by atoms with Crippen LogP contribution in [0.3, 0.4) is 0 Å². The summed E-state index contributed by atoms with van der Waals surface area (Å²) in [7, 11) is 0. The second-order valence-electron chi connectivity index (χ2n) is 6.92. The summed E-state index contributed by atoms with van der Waals surface area (Å²) in [4.78, 5) is 17.2. The maximum atomic E-state index is 12.8. The van der Waals surface area contributed by atoms with E-state index < -0.39 is 0 Å². The van der Waals surface area contributed by atoms with E-state index in [-0.39, 0.29) is 5.91 Å². The number of hydrogen-bond acceptors (Lipinski definition) is 3. The van der Waals surface area contributed by atoms with Crippen LogP contribution in [-0.2, 0) is 0 Å². The second kappa shape index (κ2) is 6.11. The van der Waals surface area contributed by atoms with E-state index in [1.165, 1.54) is 30.6 Å². The number of piperidine rings is 1. The van der Waals surface area contributed by atoms with Gasteiger partial charge in [-0.15, -0.1) is 11.3 Å². The summed E-state index contributed by atoms with van der Waals surface area (Å²) in [6, 6.07) is 6.08. The molecule has 2 aliphatic rings. The van der Waals surface area contributed by atoms with Crippen LogP contribution < -0.4 is 0 Å². The third kappa shape index (κ3) is 2.94. The zero-order chi connectivity index (χ0) is 15.8. The number of nitrogens with zero attached hydrogens (tertiary/aromatic N) is 2. The summed E-state index contributed by atoms with van der Waals surface area (Å²) in [6.45, 7) is 3.90. The first kappa shape index (κ1) is 14.9. The van der Waals surface area contributed by atoms with Gasteiger partial charge in [-0.25, -0.2) is 0 Å². The van der Waals surface area contributed by atoms with Gasteiger partial charge in [0.1, 0.15) is 0 Å². The topological polar surface area (TPSA) is 49.0 Å². The van der Waals surface area contributed by atoms with Gasteiger partial charge in [-0.3, -0.25) is 9.89 Å². The van der Waals surface area contributed by atoms with Gasteiger partial charge in [0, 0.05) is 18.0 Å². The number of aromatic amines is 1. The van der Waals surface area contributed by atoms with E-state index in [4.69, 9.17) is 0 Å². The Labute approximate surface area is 140 Å². The van der Waals surface area contributed by atoms with Crippen molar-refractivity contribution in [2.24, 2.45) is 11.8 Å². The maximum Gasteiger partial charge on any atom is 0.274 e. The number of fused-ring (bicyclic) bond motifs is 1. The van der Waals surface area contributed by atoms with E-state index in [0.29, 0.717) is 11.6 Å². The molecule has 1 saturated carbocycles. The fraction of sp³-hybridized carbons (Fsp3) is 0.556. The van der Waals surface area contributed by atoms with E-state index in [1.54, 1.807) is 11.3 Å². The predicted octanol–water partition coefficient (Wildman–Crippen LogP) is 4.10. The summed E-state index contributed by atoms with van der Waals surface area (Å²) >= 11 is 1.72. The Morgan fingerprint density at radius 2 is 2.09 bits per heavy atom. The van der Waals surface area contributed by atoms with Crippen LogP contribution in [0.2, 0.25) is 0 Å². The van der Waals surface area contributed by atoms with Gasteiger partial charge in [0.25, 0.3) is 5.91 Å². The molecule has 0 radical (unpaired) electrons. The summed E-state index contributed by atoms with van der Waals surface area (Å²) in [5, 5.41) is 7.30. The van der Waals surface area contributed by atoms with Crippen molar-refractivity contribution in [3.05, 3.63) is 28.8 Å². The number of carbonyl (C=O) groups excluding carboxylic acids is 1. The van der Waals surface area contributed by atoms with Crippen LogP contribution in [0.1, 0.15) is 47.5 Å². The molecule has 2 atom stereocenters. The van der Waals surface area contributed by atoms with Gasteiger partial charge in [-0.2, -0.15) is 5.10 Å². The molecule has 5 heteroatoms. The first-order valence-electron chi connectivity index (χ1n) is 8.62. The normalized spacial score (nSPS) is 24.5. The zero-order valence-electron chi connectivity index (χ0n) is 13.5. The highest BCUT2D eigenvalue weighted by Crippen LogP contribution is 2.36. The molecule has 1 amide bonds. The van der Waals surface area contributed by atoms with Gasteiger partial charge in [-0.1, -0.05) is 19.3 Å². The van der Waals surface area contributed by atoms with Crippen LogP contribution in [0, 0.1) is 18.8 Å². The van der Waals surface area contributed by atoms with Crippen molar-refractivity contribution in [2.75, 3.05) is 13.1 Å². The number of likely N-dealkylation sites (tertiary alicyclic amines) is 1. The Hall–Kier alpha value is -1.62. The number of hydrogen-bond donors (Lipinski definition) is 1. The molecule has 0 spiro atoms. The lowest BCUT2D eigenvalue weighted by atomic mass is 9.75. The first-order valence-corrected chi connectivity index (χ1v) is 9.44. The van der Waals surface area contributed by atoms with E-state index in [1.807, 2.05) is 11.0 Å². The Bertz CT molecular complexity index is 705. The van der Waals surface area contributed by atoms with Crippen LogP contribution in [0.4, 0.5) is 0 Å². The van der Waals surface area contributed by atoms with E-state index >= 15 is 0 Å². The lowest BCUT2D eigenvalue weighted by Crippen LogP contribution is -2.44. The molecule has 4 rings (SSSR count). The van der Waals surface area contributed by atoms with Gasteiger partial charge in [0.05, 0.1) is 10.6 Å². The van der Waals surface area contributed by atoms with Gasteiger partial charge in [-0.05, 0) is 49.8 Å². The molecule has 1 saturated heterocycles. The molecule has 0 bridgehead atoms. The highest BCUT2D eigenvalue weighted by Gasteiger charge is 2.33. The monoisotopic (exact) mass is 329 g/mol. The quantitative estimate of drug-likeness (QED) is 0.902. The minimum Gasteiger partial charge on any atom is -0.337 e. The fourth-order valence-corrected chi connectivity index (χ4v) is 4.92. The molecule has 2 fully saturated rings. The van der Waals surface area contributed by atoms with E-state index in [9.17, 15) is 4.79 Å². The summed E-state index contributed by atoms with van der Waals surface area (Å²) in [6.07, 6.45) is 6.51. The second-order valence-corrected chi connectivity index (χ2v) is 8.21. The number of thiophene rings is 1. The molecular weight excluding hydrogens is 306 g/mol. The molecule has 2 aromatic rings. The Morgan fingerprint density at radius 3 is 2.87 bits per heavy atom. The molecule has 4 nitrogen and oxygen atoms in total. The zero-order valence-corrected chi connectivity index (χ0v) is 14.4. The summed E-state index contributed by atoms with van der Waals surface area (Å²) in [5.41, 5.74) is 1.50. The molecule has 1 N–H and O–H groups in total. The first-order chi connectivity index (χ1) is 11.2. The molecule has 23 heavy (non-hydrogen) atoms. The van der Waals surface area contributed by atoms with Crippen molar-refractivity contribution in [1.82, 2.24) is 15.1 Å². The Kier molecular flexibility index (Phi) is 3.97. The van der Waals surface area contributed by atoms with Crippen molar-refractivity contribution in [1.29, 1.82) is 0 Å². The van der Waals surface area contributed by atoms with Crippen molar-refractivity contribution in [3.8, 4) is 10.6 Å². The lowest BCUT2D eigenvalue weighted by Gasteiger charge is -2.41. The third-order valence-electron chi connectivity index (χ3n) is 5.38. The van der Waals surface area contributed by atoms with Crippen LogP contribution in [0.15, 0.2) is 18.2 Å². The van der Waals surface area contributed by atoms with Gasteiger partial charge in [0.15, 0.2) is 5.69 Å². The van der Waals surface area contributed by atoms with Crippen molar-refractivity contribution in [3.63, 3.8) is 0 Å². The molecule has 1 aliphatic carbocycles. The molecule has 0 unspecified atom stereocenters. The van der Waals surface area contributed by atoms with Gasteiger partial charge >= 0.3 is 0 Å². The van der Waals surface area contributed by atoms with E-state index in [2.05, 4.69) is 29.3 Å². The minimum absolute atomic E-state index is 0.0878. The number of amides is 1. The van der Waals surface area contributed by atoms with Crippen molar-refractivity contribution >= 4 is 17.2 Å². The smallest absolute Gasteiger partial charge is 0.274 e. The highest BCUT2D eigenvalue weighted by molar-refractivity contribution is 7.15. The highest BCUT2D eigenvalue weighted by atomic mass is 32.1. The van der Waals surface area contributed by atoms with Crippen molar-refractivity contribution in [2.45, 2.75) is 39.0 Å². The maximum absolute atomic E-state index is 12.8.